The van der Waals surface area contributed by atoms with E-state index in [-0.39, 0.29) is 11.3 Å². The molecular formula is C22H23F3O2. The number of benzene rings is 2. The average Bonchev–Trinajstić information content (AvgIpc) is 2.67. The molecule has 0 N–H and O–H groups in total. The van der Waals surface area contributed by atoms with Crippen LogP contribution in [-0.4, -0.2) is 5.97 Å². The van der Waals surface area contributed by atoms with Crippen LogP contribution < -0.4 is 4.74 Å². The van der Waals surface area contributed by atoms with Crippen LogP contribution in [0.2, 0.25) is 0 Å². The largest absolute Gasteiger partial charge is 0.423 e. The highest BCUT2D eigenvalue weighted by molar-refractivity contribution is 5.91. The van der Waals surface area contributed by atoms with Crippen LogP contribution in [0.15, 0.2) is 36.4 Å². The van der Waals surface area contributed by atoms with E-state index in [0.29, 0.717) is 18.1 Å². The van der Waals surface area contributed by atoms with Gasteiger partial charge in [0, 0.05) is 0 Å². The Morgan fingerprint density at radius 3 is 2.15 bits per heavy atom. The highest BCUT2D eigenvalue weighted by atomic mass is 19.2. The molecule has 0 aliphatic heterocycles. The lowest BCUT2D eigenvalue weighted by molar-refractivity contribution is 0.0733. The molecule has 0 atom stereocenters. The molecule has 1 aliphatic rings. The Labute approximate surface area is 157 Å². The molecule has 3 rings (SSSR count). The van der Waals surface area contributed by atoms with Gasteiger partial charge in [-0.2, -0.15) is 0 Å². The minimum atomic E-state index is -1.61. The Balaban J connectivity index is 1.62. The number of carbonyl (C=O) groups excluding carboxylic acids is 1. The number of hydrogen-bond acceptors (Lipinski definition) is 2. The maximum Gasteiger partial charge on any atom is 0.343 e. The van der Waals surface area contributed by atoms with Gasteiger partial charge in [0.15, 0.2) is 17.5 Å². The fourth-order valence-electron chi connectivity index (χ4n) is 3.84. The number of rotatable bonds is 5. The van der Waals surface area contributed by atoms with Crippen LogP contribution in [0.5, 0.6) is 5.75 Å². The fourth-order valence-corrected chi connectivity index (χ4v) is 3.84. The Kier molecular flexibility index (Phi) is 6.19. The van der Waals surface area contributed by atoms with Crippen LogP contribution >= 0.6 is 0 Å². The van der Waals surface area contributed by atoms with Crippen molar-refractivity contribution in [3.8, 4) is 5.75 Å². The second-order valence-electron chi connectivity index (χ2n) is 7.22. The quantitative estimate of drug-likeness (QED) is 0.343. The second-order valence-corrected chi connectivity index (χ2v) is 7.22. The van der Waals surface area contributed by atoms with Gasteiger partial charge in [-0.05, 0) is 67.3 Å². The topological polar surface area (TPSA) is 26.3 Å². The smallest absolute Gasteiger partial charge is 0.343 e. The molecule has 144 valence electrons. The molecule has 2 aromatic rings. The van der Waals surface area contributed by atoms with Crippen molar-refractivity contribution in [1.82, 2.24) is 0 Å². The number of halogens is 3. The summed E-state index contributed by atoms with van der Waals surface area (Å²) in [5.41, 5.74) is 0.841. The molecule has 0 bridgehead atoms. The van der Waals surface area contributed by atoms with Crippen molar-refractivity contribution < 1.29 is 22.7 Å². The number of ether oxygens (including phenoxy) is 1. The Morgan fingerprint density at radius 2 is 1.59 bits per heavy atom. The van der Waals surface area contributed by atoms with Crippen LogP contribution in [0.4, 0.5) is 13.2 Å². The molecule has 0 heterocycles. The first-order valence-electron chi connectivity index (χ1n) is 9.44. The molecule has 0 spiro atoms. The summed E-state index contributed by atoms with van der Waals surface area (Å²) in [4.78, 5) is 12.0. The standard InChI is InChI=1S/C22H23F3O2/c1-2-3-14-4-6-15(7-5-14)16-8-10-18(11-9-16)27-22(26)17-12-19(23)21(25)20(24)13-17/h8-15H,2-7H2,1H3/t14-,15-. The first kappa shape index (κ1) is 19.5. The van der Waals surface area contributed by atoms with Crippen LogP contribution in [0, 0.1) is 23.4 Å². The third-order valence-electron chi connectivity index (χ3n) is 5.33. The van der Waals surface area contributed by atoms with Gasteiger partial charge in [0.05, 0.1) is 5.56 Å². The predicted molar refractivity (Wildman–Crippen MR) is 97.3 cm³/mol. The maximum atomic E-state index is 13.3. The molecule has 2 nitrogen and oxygen atoms in total. The molecule has 27 heavy (non-hydrogen) atoms. The SMILES string of the molecule is CCC[C@H]1CC[C@H](c2ccc(OC(=O)c3cc(F)c(F)c(F)c3)cc2)CC1. The molecule has 1 aliphatic carbocycles. The highest BCUT2D eigenvalue weighted by Gasteiger charge is 2.22. The van der Waals surface area contributed by atoms with Crippen molar-refractivity contribution in [2.45, 2.75) is 51.4 Å². The van der Waals surface area contributed by atoms with Crippen molar-refractivity contribution in [2.24, 2.45) is 5.92 Å². The van der Waals surface area contributed by atoms with Gasteiger partial charge in [-0.3, -0.25) is 0 Å². The van der Waals surface area contributed by atoms with E-state index < -0.39 is 23.4 Å². The molecule has 1 fully saturated rings. The average molecular weight is 376 g/mol. The maximum absolute atomic E-state index is 13.3. The monoisotopic (exact) mass is 376 g/mol. The van der Waals surface area contributed by atoms with Gasteiger partial charge in [0.1, 0.15) is 5.75 Å². The first-order valence-corrected chi connectivity index (χ1v) is 9.44. The molecule has 5 heteroatoms. The lowest BCUT2D eigenvalue weighted by Gasteiger charge is -2.28. The van der Waals surface area contributed by atoms with Crippen LogP contribution in [0.3, 0.4) is 0 Å². The van der Waals surface area contributed by atoms with E-state index in [1.54, 1.807) is 12.1 Å². The van der Waals surface area contributed by atoms with E-state index in [0.717, 1.165) is 18.8 Å². The summed E-state index contributed by atoms with van der Waals surface area (Å²) in [6.45, 7) is 2.22. The first-order chi connectivity index (χ1) is 13.0. The summed E-state index contributed by atoms with van der Waals surface area (Å²) >= 11 is 0. The van der Waals surface area contributed by atoms with Gasteiger partial charge < -0.3 is 4.74 Å². The van der Waals surface area contributed by atoms with Crippen molar-refractivity contribution in [3.63, 3.8) is 0 Å². The van der Waals surface area contributed by atoms with Crippen LogP contribution in [-0.2, 0) is 0 Å². The highest BCUT2D eigenvalue weighted by Crippen LogP contribution is 2.37. The third-order valence-corrected chi connectivity index (χ3v) is 5.33. The molecule has 0 saturated heterocycles. The normalized spacial score (nSPS) is 19.7. The van der Waals surface area contributed by atoms with Crippen molar-refractivity contribution in [1.29, 1.82) is 0 Å². The molecule has 0 unspecified atom stereocenters. The van der Waals surface area contributed by atoms with Crippen molar-refractivity contribution >= 4 is 5.97 Å². The van der Waals surface area contributed by atoms with Crippen LogP contribution in [0.25, 0.3) is 0 Å². The molecular weight excluding hydrogens is 353 g/mol. The van der Waals surface area contributed by atoms with E-state index in [9.17, 15) is 18.0 Å². The van der Waals surface area contributed by atoms with E-state index in [1.165, 1.54) is 31.2 Å². The molecule has 0 amide bonds. The number of esters is 1. The fraction of sp³-hybridized carbons (Fsp3) is 0.409. The zero-order valence-electron chi connectivity index (χ0n) is 15.3. The number of hydrogen-bond donors (Lipinski definition) is 0. The van der Waals surface area contributed by atoms with Gasteiger partial charge in [0.25, 0.3) is 0 Å². The summed E-state index contributed by atoms with van der Waals surface area (Å²) in [7, 11) is 0. The van der Waals surface area contributed by atoms with Gasteiger partial charge >= 0.3 is 5.97 Å². The van der Waals surface area contributed by atoms with Gasteiger partial charge in [0.2, 0.25) is 0 Å². The van der Waals surface area contributed by atoms with E-state index in [1.807, 2.05) is 12.1 Å². The van der Waals surface area contributed by atoms with Crippen molar-refractivity contribution in [3.05, 3.63) is 65.0 Å². The lowest BCUT2D eigenvalue weighted by Crippen LogP contribution is -2.13. The predicted octanol–water partition coefficient (Wildman–Crippen LogP) is 6.40. The van der Waals surface area contributed by atoms with E-state index >= 15 is 0 Å². The Morgan fingerprint density at radius 1 is 1.00 bits per heavy atom. The lowest BCUT2D eigenvalue weighted by atomic mass is 9.77. The molecule has 0 aromatic heterocycles. The second kappa shape index (κ2) is 8.59. The van der Waals surface area contributed by atoms with Gasteiger partial charge in [-0.15, -0.1) is 0 Å². The summed E-state index contributed by atoms with van der Waals surface area (Å²) < 4.78 is 44.6. The Hall–Kier alpha value is -2.30. The van der Waals surface area contributed by atoms with Crippen LogP contribution in [0.1, 0.15) is 67.3 Å². The zero-order valence-corrected chi connectivity index (χ0v) is 15.3. The summed E-state index contributed by atoms with van der Waals surface area (Å²) in [5.74, 6) is -3.74. The van der Waals surface area contributed by atoms with E-state index in [4.69, 9.17) is 4.74 Å². The minimum Gasteiger partial charge on any atom is -0.423 e. The minimum absolute atomic E-state index is 0.286. The summed E-state index contributed by atoms with van der Waals surface area (Å²) in [5, 5.41) is 0. The molecule has 1 saturated carbocycles. The molecule has 0 radical (unpaired) electrons. The van der Waals surface area contributed by atoms with Gasteiger partial charge in [-0.25, -0.2) is 18.0 Å². The Bertz CT molecular complexity index is 771. The zero-order chi connectivity index (χ0) is 19.4. The van der Waals surface area contributed by atoms with Gasteiger partial charge in [-0.1, -0.05) is 31.9 Å². The summed E-state index contributed by atoms with van der Waals surface area (Å²) in [6.07, 6.45) is 7.35. The molecule has 2 aromatic carbocycles. The van der Waals surface area contributed by atoms with Crippen molar-refractivity contribution in [2.75, 3.05) is 0 Å². The number of carbonyl (C=O) groups is 1. The van der Waals surface area contributed by atoms with E-state index in [2.05, 4.69) is 6.92 Å². The summed E-state index contributed by atoms with van der Waals surface area (Å²) in [6, 6.07) is 8.48. The third kappa shape index (κ3) is 4.71.